The summed E-state index contributed by atoms with van der Waals surface area (Å²) in [6.07, 6.45) is 2.44. The zero-order valence-corrected chi connectivity index (χ0v) is 12.0. The van der Waals surface area contributed by atoms with Gasteiger partial charge in [-0.3, -0.25) is 0 Å². The number of ether oxygens (including phenoxy) is 2. The van der Waals surface area contributed by atoms with Crippen molar-refractivity contribution < 1.29 is 14.0 Å². The van der Waals surface area contributed by atoms with Gasteiger partial charge < -0.3 is 19.7 Å². The van der Waals surface area contributed by atoms with E-state index in [1.54, 1.807) is 7.11 Å². The first-order valence-electron chi connectivity index (χ1n) is 7.09. The highest BCUT2D eigenvalue weighted by Crippen LogP contribution is 2.31. The average molecular weight is 289 g/mol. The van der Waals surface area contributed by atoms with Gasteiger partial charge in [-0.25, -0.2) is 0 Å². The van der Waals surface area contributed by atoms with Gasteiger partial charge in [-0.15, -0.1) is 0 Å². The summed E-state index contributed by atoms with van der Waals surface area (Å²) in [4.78, 5) is 4.42. The predicted molar refractivity (Wildman–Crippen MR) is 76.0 cm³/mol. The third kappa shape index (κ3) is 3.22. The van der Waals surface area contributed by atoms with Gasteiger partial charge in [0.25, 0.3) is 5.89 Å². The Kier molecular flexibility index (Phi) is 4.17. The smallest absolute Gasteiger partial charge is 0.255 e. The summed E-state index contributed by atoms with van der Waals surface area (Å²) < 4.78 is 16.2. The number of rotatable bonds is 5. The lowest BCUT2D eigenvalue weighted by Gasteiger charge is -2.07. The molecule has 2 aromatic rings. The van der Waals surface area contributed by atoms with Gasteiger partial charge in [-0.1, -0.05) is 17.3 Å². The molecule has 2 N–H and O–H groups in total. The summed E-state index contributed by atoms with van der Waals surface area (Å²) in [6.45, 7) is 0.531. The molecule has 112 valence electrons. The maximum absolute atomic E-state index is 5.75. The quantitative estimate of drug-likeness (QED) is 0.904. The lowest BCUT2D eigenvalue weighted by atomic mass is 10.1. The number of nitrogens with zero attached hydrogens (tertiary/aromatic N) is 2. The fourth-order valence-corrected chi connectivity index (χ4v) is 2.46. The lowest BCUT2D eigenvalue weighted by Crippen LogP contribution is -2.18. The van der Waals surface area contributed by atoms with Gasteiger partial charge in [0.05, 0.1) is 13.2 Å². The van der Waals surface area contributed by atoms with Crippen molar-refractivity contribution in [1.29, 1.82) is 0 Å². The molecule has 1 saturated heterocycles. The Balaban J connectivity index is 1.64. The van der Waals surface area contributed by atoms with Gasteiger partial charge in [0.15, 0.2) is 5.82 Å². The van der Waals surface area contributed by atoms with E-state index in [1.165, 1.54) is 0 Å². The van der Waals surface area contributed by atoms with E-state index in [0.717, 1.165) is 24.2 Å². The number of nitrogens with two attached hydrogens (primary N) is 1. The second kappa shape index (κ2) is 6.24. The number of benzene rings is 1. The summed E-state index contributed by atoms with van der Waals surface area (Å²) >= 11 is 0. The van der Waals surface area contributed by atoms with Crippen LogP contribution in [0.15, 0.2) is 28.8 Å². The minimum absolute atomic E-state index is 0.104. The van der Waals surface area contributed by atoms with E-state index in [1.807, 2.05) is 24.3 Å². The summed E-state index contributed by atoms with van der Waals surface area (Å²) in [5, 5.41) is 4.02. The van der Waals surface area contributed by atoms with Gasteiger partial charge in [0.2, 0.25) is 0 Å². The van der Waals surface area contributed by atoms with E-state index in [4.69, 9.17) is 19.7 Å². The Hall–Kier alpha value is -1.92. The van der Waals surface area contributed by atoms with Gasteiger partial charge in [0, 0.05) is 13.0 Å². The van der Waals surface area contributed by atoms with Crippen LogP contribution in [0.3, 0.4) is 0 Å². The fourth-order valence-electron chi connectivity index (χ4n) is 2.46. The topological polar surface area (TPSA) is 83.4 Å². The van der Waals surface area contributed by atoms with Crippen molar-refractivity contribution in [3.8, 4) is 5.75 Å². The van der Waals surface area contributed by atoms with E-state index in [9.17, 15) is 0 Å². The minimum Gasteiger partial charge on any atom is -0.497 e. The molecule has 1 fully saturated rings. The molecule has 1 aromatic carbocycles. The van der Waals surface area contributed by atoms with Crippen LogP contribution in [0.5, 0.6) is 5.75 Å². The highest BCUT2D eigenvalue weighted by molar-refractivity contribution is 5.28. The zero-order valence-electron chi connectivity index (χ0n) is 12.0. The number of aromatic nitrogens is 2. The molecule has 1 aromatic heterocycles. The SMILES string of the molecule is COc1ccc(Cc2noc(C3CCC(CN)O3)n2)cc1. The monoisotopic (exact) mass is 289 g/mol. The molecule has 2 unspecified atom stereocenters. The predicted octanol–water partition coefficient (Wildman–Crippen LogP) is 1.85. The fraction of sp³-hybridized carbons (Fsp3) is 0.467. The van der Waals surface area contributed by atoms with Crippen molar-refractivity contribution in [1.82, 2.24) is 10.1 Å². The first-order chi connectivity index (χ1) is 10.3. The van der Waals surface area contributed by atoms with Crippen molar-refractivity contribution in [3.05, 3.63) is 41.5 Å². The Morgan fingerprint density at radius 3 is 2.76 bits per heavy atom. The molecule has 0 spiro atoms. The van der Waals surface area contributed by atoms with Gasteiger partial charge >= 0.3 is 0 Å². The normalized spacial score (nSPS) is 21.6. The van der Waals surface area contributed by atoms with Crippen LogP contribution < -0.4 is 10.5 Å². The average Bonchev–Trinajstić information content (AvgIpc) is 3.16. The van der Waals surface area contributed by atoms with Crippen LogP contribution in [-0.4, -0.2) is 29.9 Å². The lowest BCUT2D eigenvalue weighted by molar-refractivity contribution is 0.0307. The Morgan fingerprint density at radius 2 is 2.10 bits per heavy atom. The summed E-state index contributed by atoms with van der Waals surface area (Å²) in [6, 6.07) is 7.82. The molecule has 6 heteroatoms. The largest absolute Gasteiger partial charge is 0.497 e. The molecule has 0 saturated carbocycles. The first kappa shape index (κ1) is 14.0. The van der Waals surface area contributed by atoms with Gasteiger partial charge in [0.1, 0.15) is 11.9 Å². The number of hydrogen-bond acceptors (Lipinski definition) is 6. The van der Waals surface area contributed by atoms with E-state index in [2.05, 4.69) is 10.1 Å². The van der Waals surface area contributed by atoms with Crippen molar-refractivity contribution in [2.75, 3.05) is 13.7 Å². The van der Waals surface area contributed by atoms with E-state index in [0.29, 0.717) is 24.7 Å². The Labute approximate surface area is 123 Å². The summed E-state index contributed by atoms with van der Waals surface area (Å²) in [5.74, 6) is 2.05. The molecule has 2 heterocycles. The van der Waals surface area contributed by atoms with Gasteiger partial charge in [-0.2, -0.15) is 4.98 Å². The second-order valence-electron chi connectivity index (χ2n) is 5.13. The first-order valence-corrected chi connectivity index (χ1v) is 7.09. The van der Waals surface area contributed by atoms with Crippen LogP contribution in [-0.2, 0) is 11.2 Å². The second-order valence-corrected chi connectivity index (χ2v) is 5.13. The molecule has 0 aliphatic carbocycles. The van der Waals surface area contributed by atoms with E-state index >= 15 is 0 Å². The number of hydrogen-bond donors (Lipinski definition) is 1. The van der Waals surface area contributed by atoms with E-state index < -0.39 is 0 Å². The molecule has 6 nitrogen and oxygen atoms in total. The maximum atomic E-state index is 5.75. The molecule has 2 atom stereocenters. The molecular formula is C15H19N3O3. The molecule has 3 rings (SSSR count). The van der Waals surface area contributed by atoms with Crippen molar-refractivity contribution in [2.45, 2.75) is 31.5 Å². The van der Waals surface area contributed by atoms with E-state index in [-0.39, 0.29) is 12.2 Å². The molecular weight excluding hydrogens is 270 g/mol. The zero-order chi connectivity index (χ0) is 14.7. The summed E-state index contributed by atoms with van der Waals surface area (Å²) in [7, 11) is 1.65. The van der Waals surface area contributed by atoms with Crippen LogP contribution >= 0.6 is 0 Å². The van der Waals surface area contributed by atoms with Crippen LogP contribution in [0, 0.1) is 0 Å². The minimum atomic E-state index is -0.115. The molecule has 1 aliphatic rings. The highest BCUT2D eigenvalue weighted by atomic mass is 16.5. The molecule has 0 radical (unpaired) electrons. The standard InChI is InChI=1S/C15H19N3O3/c1-19-11-4-2-10(3-5-11)8-14-17-15(21-18-14)13-7-6-12(9-16)20-13/h2-5,12-13H,6-9,16H2,1H3. The van der Waals surface area contributed by atoms with Crippen LogP contribution in [0.4, 0.5) is 0 Å². The molecule has 21 heavy (non-hydrogen) atoms. The van der Waals surface area contributed by atoms with Crippen LogP contribution in [0.25, 0.3) is 0 Å². The Morgan fingerprint density at radius 1 is 1.29 bits per heavy atom. The maximum Gasteiger partial charge on any atom is 0.255 e. The summed E-state index contributed by atoms with van der Waals surface area (Å²) in [5.41, 5.74) is 6.71. The molecule has 1 aliphatic heterocycles. The Bertz CT molecular complexity index is 582. The van der Waals surface area contributed by atoms with Crippen LogP contribution in [0.2, 0.25) is 0 Å². The number of methoxy groups -OCH3 is 1. The van der Waals surface area contributed by atoms with Crippen LogP contribution in [0.1, 0.15) is 36.2 Å². The van der Waals surface area contributed by atoms with Crippen molar-refractivity contribution in [3.63, 3.8) is 0 Å². The van der Waals surface area contributed by atoms with Crippen molar-refractivity contribution >= 4 is 0 Å². The van der Waals surface area contributed by atoms with Gasteiger partial charge in [-0.05, 0) is 30.5 Å². The highest BCUT2D eigenvalue weighted by Gasteiger charge is 2.29. The van der Waals surface area contributed by atoms with Crippen molar-refractivity contribution in [2.24, 2.45) is 5.73 Å². The molecule has 0 amide bonds. The molecule has 0 bridgehead atoms. The third-order valence-corrected chi connectivity index (χ3v) is 3.65. The third-order valence-electron chi connectivity index (χ3n) is 3.65.